The first kappa shape index (κ1) is 19.4. The van der Waals surface area contributed by atoms with Gasteiger partial charge >= 0.3 is 5.97 Å². The largest absolute Gasteiger partial charge is 0.465 e. The molecule has 0 fully saturated rings. The minimum atomic E-state index is -0.954. The molecule has 1 unspecified atom stereocenters. The van der Waals surface area contributed by atoms with Crippen molar-refractivity contribution >= 4 is 17.8 Å². The van der Waals surface area contributed by atoms with Crippen molar-refractivity contribution in [3.05, 3.63) is 0 Å². The number of amides is 2. The van der Waals surface area contributed by atoms with E-state index in [1.54, 1.807) is 27.7 Å². The fourth-order valence-electron chi connectivity index (χ4n) is 1.70. The number of methoxy groups -OCH3 is 1. The lowest BCUT2D eigenvalue weighted by Gasteiger charge is -2.27. The molecule has 2 amide bonds. The van der Waals surface area contributed by atoms with E-state index in [2.05, 4.69) is 10.6 Å². The summed E-state index contributed by atoms with van der Waals surface area (Å²) in [4.78, 5) is 35.5. The second kappa shape index (κ2) is 9.33. The third-order valence-corrected chi connectivity index (χ3v) is 2.70. The Morgan fingerprint density at radius 3 is 2.24 bits per heavy atom. The van der Waals surface area contributed by atoms with Gasteiger partial charge in [-0.1, -0.05) is 20.8 Å². The quantitative estimate of drug-likeness (QED) is 0.376. The van der Waals surface area contributed by atoms with Gasteiger partial charge in [-0.3, -0.25) is 14.4 Å². The molecule has 0 aromatic rings. The molecular formula is C14H26N2O5. The molecule has 7 heteroatoms. The van der Waals surface area contributed by atoms with Gasteiger partial charge in [0.15, 0.2) is 0 Å². The summed E-state index contributed by atoms with van der Waals surface area (Å²) in [6, 6.07) is 0. The smallest absolute Gasteiger partial charge is 0.319 e. The highest BCUT2D eigenvalue weighted by Gasteiger charge is 2.38. The van der Waals surface area contributed by atoms with Crippen LogP contribution in [0, 0.1) is 11.3 Å². The van der Waals surface area contributed by atoms with Gasteiger partial charge in [0.1, 0.15) is 5.92 Å². The molecule has 0 saturated carbocycles. The highest BCUT2D eigenvalue weighted by molar-refractivity contribution is 5.99. The Morgan fingerprint density at radius 1 is 1.14 bits per heavy atom. The van der Waals surface area contributed by atoms with Crippen molar-refractivity contribution in [3.63, 3.8) is 0 Å². The number of ether oxygens (including phenoxy) is 2. The zero-order valence-electron chi connectivity index (χ0n) is 13.4. The van der Waals surface area contributed by atoms with Crippen LogP contribution < -0.4 is 10.6 Å². The van der Waals surface area contributed by atoms with Crippen molar-refractivity contribution in [2.75, 3.05) is 33.4 Å². The lowest BCUT2D eigenvalue weighted by Crippen LogP contribution is -2.46. The lowest BCUT2D eigenvalue weighted by molar-refractivity contribution is -0.157. The predicted octanol–water partition coefficient (Wildman–Crippen LogP) is 0.0906. The molecule has 7 nitrogen and oxygen atoms in total. The maximum atomic E-state index is 12.1. The van der Waals surface area contributed by atoms with E-state index >= 15 is 0 Å². The summed E-state index contributed by atoms with van der Waals surface area (Å²) in [6.45, 7) is 7.77. The van der Waals surface area contributed by atoms with E-state index in [-0.39, 0.29) is 19.1 Å². The molecule has 0 saturated heterocycles. The minimum absolute atomic E-state index is 0.186. The van der Waals surface area contributed by atoms with Crippen LogP contribution in [-0.2, 0) is 23.9 Å². The van der Waals surface area contributed by atoms with Crippen LogP contribution in [0.2, 0.25) is 0 Å². The van der Waals surface area contributed by atoms with Gasteiger partial charge < -0.3 is 20.1 Å². The van der Waals surface area contributed by atoms with Crippen LogP contribution in [0.1, 0.15) is 27.7 Å². The number of carbonyl (C=O) groups excluding carboxylic acids is 3. The van der Waals surface area contributed by atoms with E-state index < -0.39 is 23.2 Å². The van der Waals surface area contributed by atoms with Gasteiger partial charge in [-0.2, -0.15) is 0 Å². The molecule has 0 aromatic carbocycles. The maximum Gasteiger partial charge on any atom is 0.319 e. The van der Waals surface area contributed by atoms with E-state index in [1.165, 1.54) is 7.11 Å². The summed E-state index contributed by atoms with van der Waals surface area (Å²) in [5.74, 6) is -2.38. The van der Waals surface area contributed by atoms with Crippen LogP contribution in [0.3, 0.4) is 0 Å². The third kappa shape index (κ3) is 7.65. The van der Waals surface area contributed by atoms with Crippen LogP contribution in [0.15, 0.2) is 0 Å². The molecule has 0 spiro atoms. The molecule has 122 valence electrons. The lowest BCUT2D eigenvalue weighted by atomic mass is 9.80. The van der Waals surface area contributed by atoms with E-state index in [0.717, 1.165) is 0 Å². The Bertz CT molecular complexity index is 363. The molecular weight excluding hydrogens is 276 g/mol. The van der Waals surface area contributed by atoms with E-state index in [0.29, 0.717) is 13.2 Å². The molecule has 2 N–H and O–H groups in total. The Kier molecular flexibility index (Phi) is 8.61. The number of hydrogen-bond donors (Lipinski definition) is 2. The molecule has 0 aliphatic heterocycles. The third-order valence-electron chi connectivity index (χ3n) is 2.70. The van der Waals surface area contributed by atoms with Gasteiger partial charge in [0.2, 0.25) is 11.8 Å². The molecule has 0 heterocycles. The van der Waals surface area contributed by atoms with E-state index in [1.807, 2.05) is 0 Å². The average molecular weight is 302 g/mol. The Hall–Kier alpha value is -1.63. The van der Waals surface area contributed by atoms with Crippen LogP contribution in [0.5, 0.6) is 0 Å². The zero-order chi connectivity index (χ0) is 16.5. The minimum Gasteiger partial charge on any atom is -0.465 e. The number of esters is 1. The zero-order valence-corrected chi connectivity index (χ0v) is 13.4. The Balaban J connectivity index is 4.49. The summed E-state index contributed by atoms with van der Waals surface area (Å²) in [5, 5.41) is 5.04. The summed E-state index contributed by atoms with van der Waals surface area (Å²) in [5.41, 5.74) is -0.594. The van der Waals surface area contributed by atoms with E-state index in [4.69, 9.17) is 9.47 Å². The van der Waals surface area contributed by atoms with Crippen molar-refractivity contribution in [1.82, 2.24) is 10.6 Å². The van der Waals surface area contributed by atoms with Gasteiger partial charge in [0.05, 0.1) is 19.8 Å². The highest BCUT2D eigenvalue weighted by atomic mass is 16.5. The molecule has 1 atom stereocenters. The van der Waals surface area contributed by atoms with Crippen molar-refractivity contribution < 1.29 is 23.9 Å². The van der Waals surface area contributed by atoms with Gasteiger partial charge in [-0.05, 0) is 12.3 Å². The van der Waals surface area contributed by atoms with Gasteiger partial charge in [0, 0.05) is 13.7 Å². The average Bonchev–Trinajstić information content (AvgIpc) is 2.35. The Morgan fingerprint density at radius 2 is 1.76 bits per heavy atom. The molecule has 0 aliphatic carbocycles. The number of rotatable bonds is 8. The molecule has 0 aliphatic rings. The number of nitrogens with one attached hydrogen (secondary N) is 2. The first-order valence-corrected chi connectivity index (χ1v) is 6.94. The second-order valence-electron chi connectivity index (χ2n) is 5.61. The first-order valence-electron chi connectivity index (χ1n) is 6.94. The highest BCUT2D eigenvalue weighted by Crippen LogP contribution is 2.27. The van der Waals surface area contributed by atoms with Crippen LogP contribution >= 0.6 is 0 Å². The number of hydrogen-bond acceptors (Lipinski definition) is 5. The molecule has 0 rings (SSSR count). The standard InChI is InChI=1S/C14H26N2O5/c1-6-21-13(19)11(14(2,3)4)12(18)16-9-10(17)15-7-8-20-5/h11H,6-9H2,1-5H3,(H,15,17)(H,16,18). The summed E-state index contributed by atoms with van der Waals surface area (Å²) in [6.07, 6.45) is 0. The fourth-order valence-corrected chi connectivity index (χ4v) is 1.70. The summed E-state index contributed by atoms with van der Waals surface area (Å²) < 4.78 is 9.72. The van der Waals surface area contributed by atoms with Crippen LogP contribution in [0.25, 0.3) is 0 Å². The van der Waals surface area contributed by atoms with Crippen molar-refractivity contribution in [2.24, 2.45) is 11.3 Å². The Labute approximate surface area is 125 Å². The number of carbonyl (C=O) groups is 3. The normalized spacial score (nSPS) is 12.4. The van der Waals surface area contributed by atoms with Gasteiger partial charge in [0.25, 0.3) is 0 Å². The van der Waals surface area contributed by atoms with Crippen molar-refractivity contribution in [1.29, 1.82) is 0 Å². The monoisotopic (exact) mass is 302 g/mol. The fraction of sp³-hybridized carbons (Fsp3) is 0.786. The SMILES string of the molecule is CCOC(=O)C(C(=O)NCC(=O)NCCOC)C(C)(C)C. The van der Waals surface area contributed by atoms with Gasteiger partial charge in [-0.15, -0.1) is 0 Å². The summed E-state index contributed by atoms with van der Waals surface area (Å²) >= 11 is 0. The van der Waals surface area contributed by atoms with Crippen LogP contribution in [0.4, 0.5) is 0 Å². The van der Waals surface area contributed by atoms with Crippen LogP contribution in [-0.4, -0.2) is 51.2 Å². The topological polar surface area (TPSA) is 93.7 Å². The first-order chi connectivity index (χ1) is 9.73. The van der Waals surface area contributed by atoms with Gasteiger partial charge in [-0.25, -0.2) is 0 Å². The van der Waals surface area contributed by atoms with Crippen molar-refractivity contribution in [2.45, 2.75) is 27.7 Å². The second-order valence-corrected chi connectivity index (χ2v) is 5.61. The maximum absolute atomic E-state index is 12.1. The predicted molar refractivity (Wildman–Crippen MR) is 77.5 cm³/mol. The van der Waals surface area contributed by atoms with Crippen molar-refractivity contribution in [3.8, 4) is 0 Å². The molecule has 21 heavy (non-hydrogen) atoms. The molecule has 0 radical (unpaired) electrons. The van der Waals surface area contributed by atoms with E-state index in [9.17, 15) is 14.4 Å². The summed E-state index contributed by atoms with van der Waals surface area (Å²) in [7, 11) is 1.53. The molecule has 0 aromatic heterocycles. The molecule has 0 bridgehead atoms.